The van der Waals surface area contributed by atoms with Gasteiger partial charge >= 0.3 is 0 Å². The Hall–Kier alpha value is -0.880. The van der Waals surface area contributed by atoms with Crippen molar-refractivity contribution in [2.75, 3.05) is 13.1 Å². The molecule has 1 N–H and O–H groups in total. The van der Waals surface area contributed by atoms with Crippen LogP contribution >= 0.6 is 27.3 Å². The summed E-state index contributed by atoms with van der Waals surface area (Å²) in [6.45, 7) is 1.40. The Kier molecular flexibility index (Phi) is 4.17. The van der Waals surface area contributed by atoms with E-state index in [1.165, 1.54) is 0 Å². The van der Waals surface area contributed by atoms with Crippen molar-refractivity contribution in [3.05, 3.63) is 20.8 Å². The van der Waals surface area contributed by atoms with Gasteiger partial charge in [0.05, 0.1) is 13.1 Å². The molecular formula is C11H13BrN2O2S. The number of rotatable bonds is 4. The second-order valence-electron chi connectivity index (χ2n) is 3.89. The zero-order valence-corrected chi connectivity index (χ0v) is 11.6. The van der Waals surface area contributed by atoms with Crippen LogP contribution in [0, 0.1) is 0 Å². The van der Waals surface area contributed by atoms with E-state index in [1.54, 1.807) is 16.2 Å². The van der Waals surface area contributed by atoms with Crippen molar-refractivity contribution in [3.63, 3.8) is 0 Å². The predicted octanol–water partition coefficient (Wildman–Crippen LogP) is 1.75. The molecule has 0 aliphatic carbocycles. The Morgan fingerprint density at radius 1 is 1.59 bits per heavy atom. The average Bonchev–Trinajstić information content (AvgIpc) is 2.86. The molecule has 17 heavy (non-hydrogen) atoms. The van der Waals surface area contributed by atoms with Crippen molar-refractivity contribution in [1.29, 1.82) is 0 Å². The second-order valence-corrected chi connectivity index (χ2v) is 5.74. The lowest BCUT2D eigenvalue weighted by atomic mass is 10.4. The fourth-order valence-electron chi connectivity index (χ4n) is 1.73. The third-order valence-corrected chi connectivity index (χ3v) is 4.57. The van der Waals surface area contributed by atoms with Crippen molar-refractivity contribution in [2.45, 2.75) is 19.4 Å². The molecule has 0 unspecified atom stereocenters. The first-order chi connectivity index (χ1) is 8.16. The van der Waals surface area contributed by atoms with Crippen molar-refractivity contribution >= 4 is 39.1 Å². The van der Waals surface area contributed by atoms with Crippen molar-refractivity contribution in [3.8, 4) is 0 Å². The number of hydrogen-bond donors (Lipinski definition) is 1. The van der Waals surface area contributed by atoms with Crippen LogP contribution in [-0.4, -0.2) is 29.8 Å². The standard InChI is InChI=1S/C11H13BrN2O2S/c12-8-3-5-17-9(8)6-13-10(15)7-14-4-1-2-11(14)16/h3,5H,1-2,4,6-7H2,(H,13,15). The summed E-state index contributed by atoms with van der Waals surface area (Å²) in [6, 6.07) is 1.95. The predicted molar refractivity (Wildman–Crippen MR) is 69.7 cm³/mol. The fraction of sp³-hybridized carbons (Fsp3) is 0.455. The first-order valence-electron chi connectivity index (χ1n) is 5.43. The minimum absolute atomic E-state index is 0.0810. The molecule has 1 aliphatic rings. The largest absolute Gasteiger partial charge is 0.350 e. The summed E-state index contributed by atoms with van der Waals surface area (Å²) in [4.78, 5) is 25.7. The van der Waals surface area contributed by atoms with Gasteiger partial charge in [0.2, 0.25) is 11.8 Å². The smallest absolute Gasteiger partial charge is 0.239 e. The number of likely N-dealkylation sites (tertiary alicyclic amines) is 1. The van der Waals surface area contributed by atoms with E-state index >= 15 is 0 Å². The maximum Gasteiger partial charge on any atom is 0.239 e. The molecule has 0 bridgehead atoms. The summed E-state index contributed by atoms with van der Waals surface area (Å²) < 4.78 is 1.01. The number of nitrogens with one attached hydrogen (secondary N) is 1. The van der Waals surface area contributed by atoms with E-state index in [2.05, 4.69) is 21.2 Å². The average molecular weight is 317 g/mol. The zero-order chi connectivity index (χ0) is 12.3. The van der Waals surface area contributed by atoms with Gasteiger partial charge in [-0.05, 0) is 33.8 Å². The molecule has 0 atom stereocenters. The molecule has 1 aromatic rings. The van der Waals surface area contributed by atoms with Crippen LogP contribution in [0.2, 0.25) is 0 Å². The summed E-state index contributed by atoms with van der Waals surface area (Å²) in [7, 11) is 0. The van der Waals surface area contributed by atoms with Crippen LogP contribution in [0.15, 0.2) is 15.9 Å². The van der Waals surface area contributed by atoms with Gasteiger partial charge in [-0.3, -0.25) is 9.59 Å². The van der Waals surface area contributed by atoms with Gasteiger partial charge in [-0.2, -0.15) is 0 Å². The number of carbonyl (C=O) groups is 2. The second kappa shape index (κ2) is 5.64. The molecule has 2 rings (SSSR count). The maximum atomic E-state index is 11.6. The Balaban J connectivity index is 1.78. The zero-order valence-electron chi connectivity index (χ0n) is 9.24. The van der Waals surface area contributed by atoms with E-state index < -0.39 is 0 Å². The van der Waals surface area contributed by atoms with Crippen LogP contribution in [0.25, 0.3) is 0 Å². The van der Waals surface area contributed by atoms with Gasteiger partial charge in [-0.25, -0.2) is 0 Å². The van der Waals surface area contributed by atoms with Crippen LogP contribution in [0.3, 0.4) is 0 Å². The highest BCUT2D eigenvalue weighted by molar-refractivity contribution is 9.10. The molecule has 0 saturated carbocycles. The topological polar surface area (TPSA) is 49.4 Å². The fourth-order valence-corrected chi connectivity index (χ4v) is 3.16. The molecule has 0 spiro atoms. The lowest BCUT2D eigenvalue weighted by Crippen LogP contribution is -2.37. The lowest BCUT2D eigenvalue weighted by Gasteiger charge is -2.14. The van der Waals surface area contributed by atoms with E-state index in [4.69, 9.17) is 0 Å². The minimum Gasteiger partial charge on any atom is -0.350 e. The molecule has 1 fully saturated rings. The third-order valence-electron chi connectivity index (χ3n) is 2.64. The van der Waals surface area contributed by atoms with Crippen LogP contribution in [0.5, 0.6) is 0 Å². The van der Waals surface area contributed by atoms with Crippen molar-refractivity contribution in [1.82, 2.24) is 10.2 Å². The summed E-state index contributed by atoms with van der Waals surface area (Å²) in [5.74, 6) is -0.0157. The third kappa shape index (κ3) is 3.29. The molecule has 0 radical (unpaired) electrons. The molecule has 1 aromatic heterocycles. The lowest BCUT2D eigenvalue weighted by molar-refractivity contribution is -0.133. The molecule has 2 heterocycles. The molecule has 1 aliphatic heterocycles. The van der Waals surface area contributed by atoms with Crippen LogP contribution in [-0.2, 0) is 16.1 Å². The van der Waals surface area contributed by atoms with Gasteiger partial charge < -0.3 is 10.2 Å². The van der Waals surface area contributed by atoms with Crippen LogP contribution in [0.4, 0.5) is 0 Å². The molecule has 0 aromatic carbocycles. The molecule has 4 nitrogen and oxygen atoms in total. The van der Waals surface area contributed by atoms with E-state index in [0.29, 0.717) is 19.5 Å². The Bertz CT molecular complexity index is 433. The van der Waals surface area contributed by atoms with E-state index in [-0.39, 0.29) is 18.4 Å². The number of carbonyl (C=O) groups excluding carboxylic acids is 2. The summed E-state index contributed by atoms with van der Waals surface area (Å²) in [5.41, 5.74) is 0. The highest BCUT2D eigenvalue weighted by Crippen LogP contribution is 2.22. The van der Waals surface area contributed by atoms with E-state index in [9.17, 15) is 9.59 Å². The van der Waals surface area contributed by atoms with Gasteiger partial charge in [0.1, 0.15) is 0 Å². The SMILES string of the molecule is O=C(CN1CCCC1=O)NCc1sccc1Br. The number of hydrogen-bond acceptors (Lipinski definition) is 3. The first-order valence-corrected chi connectivity index (χ1v) is 7.10. The molecule has 2 amide bonds. The van der Waals surface area contributed by atoms with Gasteiger partial charge in [-0.15, -0.1) is 11.3 Å². The maximum absolute atomic E-state index is 11.6. The first kappa shape index (κ1) is 12.6. The summed E-state index contributed by atoms with van der Waals surface area (Å²) in [5, 5.41) is 4.79. The highest BCUT2D eigenvalue weighted by Gasteiger charge is 2.22. The van der Waals surface area contributed by atoms with E-state index in [0.717, 1.165) is 15.8 Å². The van der Waals surface area contributed by atoms with Crippen molar-refractivity contribution in [2.24, 2.45) is 0 Å². The molecule has 6 heteroatoms. The normalized spacial score (nSPS) is 15.4. The Labute approximate surface area is 112 Å². The van der Waals surface area contributed by atoms with E-state index in [1.807, 2.05) is 11.4 Å². The number of halogens is 1. The summed E-state index contributed by atoms with van der Waals surface area (Å²) >= 11 is 5.00. The summed E-state index contributed by atoms with van der Waals surface area (Å²) in [6.07, 6.45) is 1.44. The van der Waals surface area contributed by atoms with Gasteiger partial charge in [0.25, 0.3) is 0 Å². The number of thiophene rings is 1. The van der Waals surface area contributed by atoms with Crippen LogP contribution < -0.4 is 5.32 Å². The Morgan fingerprint density at radius 3 is 3.00 bits per heavy atom. The van der Waals surface area contributed by atoms with Crippen molar-refractivity contribution < 1.29 is 9.59 Å². The molecule has 1 saturated heterocycles. The minimum atomic E-state index is -0.0967. The monoisotopic (exact) mass is 316 g/mol. The van der Waals surface area contributed by atoms with Gasteiger partial charge in [-0.1, -0.05) is 0 Å². The molecule has 92 valence electrons. The number of amides is 2. The molecular weight excluding hydrogens is 304 g/mol. The number of nitrogens with zero attached hydrogens (tertiary/aromatic N) is 1. The Morgan fingerprint density at radius 2 is 2.41 bits per heavy atom. The highest BCUT2D eigenvalue weighted by atomic mass is 79.9. The van der Waals surface area contributed by atoms with Gasteiger partial charge in [0, 0.05) is 22.3 Å². The quantitative estimate of drug-likeness (QED) is 0.920. The van der Waals surface area contributed by atoms with Crippen LogP contribution in [0.1, 0.15) is 17.7 Å². The van der Waals surface area contributed by atoms with Gasteiger partial charge in [0.15, 0.2) is 0 Å².